The maximum Gasteiger partial charge on any atom is 0.244 e. The van der Waals surface area contributed by atoms with E-state index in [0.717, 1.165) is 18.2 Å². The summed E-state index contributed by atoms with van der Waals surface area (Å²) in [5, 5.41) is 2.47. The van der Waals surface area contributed by atoms with Crippen molar-refractivity contribution in [2.45, 2.75) is 25.3 Å². The van der Waals surface area contributed by atoms with Gasteiger partial charge in [-0.15, -0.1) is 0 Å². The second-order valence-electron chi connectivity index (χ2n) is 5.95. The molecule has 0 aromatic heterocycles. The third kappa shape index (κ3) is 5.46. The van der Waals surface area contributed by atoms with Crippen LogP contribution in [0.5, 0.6) is 0 Å². The van der Waals surface area contributed by atoms with Crippen molar-refractivity contribution < 1.29 is 22.0 Å². The number of hydrogen-bond donors (Lipinski definition) is 1. The quantitative estimate of drug-likeness (QED) is 0.682. The van der Waals surface area contributed by atoms with Crippen molar-refractivity contribution in [1.82, 2.24) is 9.62 Å². The SMILES string of the molecule is CCN(CC)S(=O)(=O)c1ccc(C=CC(=O)NCc2cc(F)ccc2F)cc1. The van der Waals surface area contributed by atoms with Gasteiger partial charge < -0.3 is 5.32 Å². The topological polar surface area (TPSA) is 66.5 Å². The Bertz CT molecular complexity index is 954. The molecule has 2 aromatic rings. The van der Waals surface area contributed by atoms with E-state index in [1.807, 2.05) is 0 Å². The van der Waals surface area contributed by atoms with E-state index in [0.29, 0.717) is 18.7 Å². The lowest BCUT2D eigenvalue weighted by Crippen LogP contribution is -2.30. The van der Waals surface area contributed by atoms with Crippen LogP contribution in [0, 0.1) is 11.6 Å². The summed E-state index contributed by atoms with van der Waals surface area (Å²) in [6.07, 6.45) is 2.75. The number of carbonyl (C=O) groups excluding carboxylic acids is 1. The third-order valence-electron chi connectivity index (χ3n) is 4.11. The average Bonchev–Trinajstić information content (AvgIpc) is 2.68. The first-order chi connectivity index (χ1) is 13.3. The summed E-state index contributed by atoms with van der Waals surface area (Å²) in [6.45, 7) is 4.16. The Morgan fingerprint density at radius 2 is 1.71 bits per heavy atom. The number of amides is 1. The molecule has 0 saturated carbocycles. The molecular weight excluding hydrogens is 386 g/mol. The largest absolute Gasteiger partial charge is 0.348 e. The summed E-state index contributed by atoms with van der Waals surface area (Å²) in [4.78, 5) is 12.0. The van der Waals surface area contributed by atoms with E-state index in [1.165, 1.54) is 28.6 Å². The van der Waals surface area contributed by atoms with Gasteiger partial charge in [-0.05, 0) is 42.0 Å². The second-order valence-corrected chi connectivity index (χ2v) is 7.88. The Hall–Kier alpha value is -2.58. The standard InChI is InChI=1S/C20H22F2N2O3S/c1-3-24(4-2)28(26,27)18-9-5-15(6-10-18)7-12-20(25)23-14-16-13-17(21)8-11-19(16)22/h5-13H,3-4,14H2,1-2H3,(H,23,25). The summed E-state index contributed by atoms with van der Waals surface area (Å²) in [6, 6.07) is 9.17. The highest BCUT2D eigenvalue weighted by Gasteiger charge is 2.20. The van der Waals surface area contributed by atoms with Gasteiger partial charge in [-0.25, -0.2) is 17.2 Å². The lowest BCUT2D eigenvalue weighted by atomic mass is 10.2. The lowest BCUT2D eigenvalue weighted by Gasteiger charge is -2.18. The molecule has 0 aliphatic heterocycles. The molecule has 0 radical (unpaired) electrons. The number of halogens is 2. The van der Waals surface area contributed by atoms with Crippen LogP contribution in [-0.4, -0.2) is 31.7 Å². The fraction of sp³-hybridized carbons (Fsp3) is 0.250. The molecule has 2 rings (SSSR count). The molecule has 150 valence electrons. The van der Waals surface area contributed by atoms with Gasteiger partial charge >= 0.3 is 0 Å². The molecule has 0 saturated heterocycles. The molecule has 0 atom stereocenters. The van der Waals surface area contributed by atoms with E-state index < -0.39 is 27.6 Å². The Kier molecular flexibility index (Phi) is 7.42. The molecule has 0 fully saturated rings. The van der Waals surface area contributed by atoms with E-state index >= 15 is 0 Å². The number of carbonyl (C=O) groups is 1. The van der Waals surface area contributed by atoms with Crippen molar-refractivity contribution in [2.24, 2.45) is 0 Å². The number of nitrogens with zero attached hydrogens (tertiary/aromatic N) is 1. The Balaban J connectivity index is 2.00. The number of nitrogens with one attached hydrogen (secondary N) is 1. The first-order valence-electron chi connectivity index (χ1n) is 8.78. The summed E-state index contributed by atoms with van der Waals surface area (Å²) in [7, 11) is -3.53. The molecule has 0 aliphatic carbocycles. The van der Waals surface area contributed by atoms with Gasteiger partial charge in [-0.3, -0.25) is 4.79 Å². The maximum atomic E-state index is 13.5. The second kappa shape index (κ2) is 9.57. The third-order valence-corrected chi connectivity index (χ3v) is 6.18. The minimum absolute atomic E-state index is 0.0488. The van der Waals surface area contributed by atoms with Gasteiger partial charge in [-0.1, -0.05) is 26.0 Å². The van der Waals surface area contributed by atoms with E-state index in [4.69, 9.17) is 0 Å². The van der Waals surface area contributed by atoms with Crippen molar-refractivity contribution in [3.63, 3.8) is 0 Å². The first-order valence-corrected chi connectivity index (χ1v) is 10.2. The molecule has 0 unspecified atom stereocenters. The molecular formula is C20H22F2N2O3S. The van der Waals surface area contributed by atoms with E-state index in [2.05, 4.69) is 5.32 Å². The van der Waals surface area contributed by atoms with E-state index in [1.54, 1.807) is 26.0 Å². The summed E-state index contributed by atoms with van der Waals surface area (Å²) in [5.41, 5.74) is 0.679. The van der Waals surface area contributed by atoms with E-state index in [-0.39, 0.29) is 17.0 Å². The van der Waals surface area contributed by atoms with Gasteiger partial charge in [0.25, 0.3) is 0 Å². The van der Waals surface area contributed by atoms with Gasteiger partial charge in [0, 0.05) is 31.3 Å². The molecule has 8 heteroatoms. The van der Waals surface area contributed by atoms with Crippen LogP contribution in [0.25, 0.3) is 6.08 Å². The van der Waals surface area contributed by atoms with Gasteiger partial charge in [-0.2, -0.15) is 4.31 Å². The number of sulfonamides is 1. The minimum atomic E-state index is -3.53. The Labute approximate surface area is 163 Å². The van der Waals surface area contributed by atoms with Gasteiger partial charge in [0.1, 0.15) is 11.6 Å². The van der Waals surface area contributed by atoms with Crippen LogP contribution in [0.4, 0.5) is 8.78 Å². The van der Waals surface area contributed by atoms with E-state index in [9.17, 15) is 22.0 Å². The highest BCUT2D eigenvalue weighted by Crippen LogP contribution is 2.16. The first kappa shape index (κ1) is 21.7. The van der Waals surface area contributed by atoms with Gasteiger partial charge in [0.15, 0.2) is 0 Å². The molecule has 2 aromatic carbocycles. The van der Waals surface area contributed by atoms with Crippen molar-refractivity contribution in [3.8, 4) is 0 Å². The van der Waals surface area contributed by atoms with Crippen LogP contribution in [0.2, 0.25) is 0 Å². The van der Waals surface area contributed by atoms with Crippen LogP contribution in [0.15, 0.2) is 53.4 Å². The van der Waals surface area contributed by atoms with Crippen molar-refractivity contribution in [3.05, 3.63) is 71.3 Å². The van der Waals surface area contributed by atoms with Crippen molar-refractivity contribution >= 4 is 22.0 Å². The van der Waals surface area contributed by atoms with Crippen LogP contribution >= 0.6 is 0 Å². The van der Waals surface area contributed by atoms with Gasteiger partial charge in [0.2, 0.25) is 15.9 Å². The molecule has 0 aliphatic rings. The van der Waals surface area contributed by atoms with Crippen molar-refractivity contribution in [2.75, 3.05) is 13.1 Å². The highest BCUT2D eigenvalue weighted by molar-refractivity contribution is 7.89. The molecule has 0 bridgehead atoms. The molecule has 1 amide bonds. The summed E-state index contributed by atoms with van der Waals surface area (Å²) < 4.78 is 52.9. The monoisotopic (exact) mass is 408 g/mol. The van der Waals surface area contributed by atoms with Crippen LogP contribution in [-0.2, 0) is 21.4 Å². The fourth-order valence-corrected chi connectivity index (χ4v) is 4.01. The van der Waals surface area contributed by atoms with Crippen molar-refractivity contribution in [1.29, 1.82) is 0 Å². The zero-order valence-electron chi connectivity index (χ0n) is 15.7. The molecule has 28 heavy (non-hydrogen) atoms. The maximum absolute atomic E-state index is 13.5. The minimum Gasteiger partial charge on any atom is -0.348 e. The fourth-order valence-electron chi connectivity index (χ4n) is 2.56. The Morgan fingerprint density at radius 1 is 1.07 bits per heavy atom. The Morgan fingerprint density at radius 3 is 2.32 bits per heavy atom. The van der Waals surface area contributed by atoms with Crippen LogP contribution in [0.3, 0.4) is 0 Å². The van der Waals surface area contributed by atoms with Crippen LogP contribution in [0.1, 0.15) is 25.0 Å². The molecule has 1 N–H and O–H groups in total. The highest BCUT2D eigenvalue weighted by atomic mass is 32.2. The smallest absolute Gasteiger partial charge is 0.244 e. The van der Waals surface area contributed by atoms with Crippen LogP contribution < -0.4 is 5.32 Å². The normalized spacial score (nSPS) is 11.9. The number of benzene rings is 2. The predicted octanol–water partition coefficient (Wildman–Crippen LogP) is 3.32. The molecule has 0 spiro atoms. The predicted molar refractivity (Wildman–Crippen MR) is 104 cm³/mol. The average molecular weight is 408 g/mol. The molecule has 0 heterocycles. The summed E-state index contributed by atoms with van der Waals surface area (Å²) in [5.74, 6) is -1.67. The zero-order chi connectivity index (χ0) is 20.7. The molecule has 5 nitrogen and oxygen atoms in total. The van der Waals surface area contributed by atoms with Gasteiger partial charge in [0.05, 0.1) is 4.90 Å². The lowest BCUT2D eigenvalue weighted by molar-refractivity contribution is -0.116. The number of hydrogen-bond acceptors (Lipinski definition) is 3. The zero-order valence-corrected chi connectivity index (χ0v) is 16.5. The summed E-state index contributed by atoms with van der Waals surface area (Å²) >= 11 is 0. The number of rotatable bonds is 8.